The van der Waals surface area contributed by atoms with Gasteiger partial charge in [-0.1, -0.05) is 17.7 Å². The van der Waals surface area contributed by atoms with Crippen molar-refractivity contribution >= 4 is 33.3 Å². The summed E-state index contributed by atoms with van der Waals surface area (Å²) in [6.45, 7) is 1.55. The third kappa shape index (κ3) is 3.80. The summed E-state index contributed by atoms with van der Waals surface area (Å²) in [5.41, 5.74) is 0.518. The summed E-state index contributed by atoms with van der Waals surface area (Å²) in [5.74, 6) is -1.36. The summed E-state index contributed by atoms with van der Waals surface area (Å²) in [6, 6.07) is 7.47. The molecule has 8 heteroatoms. The lowest BCUT2D eigenvalue weighted by Crippen LogP contribution is -2.15. The van der Waals surface area contributed by atoms with E-state index in [2.05, 4.69) is 9.46 Å². The number of carbonyl (C=O) groups is 1. The molecule has 5 nitrogen and oxygen atoms in total. The van der Waals surface area contributed by atoms with E-state index in [-0.39, 0.29) is 21.2 Å². The van der Waals surface area contributed by atoms with Crippen LogP contribution in [-0.4, -0.2) is 21.5 Å². The molecule has 0 spiro atoms. The summed E-state index contributed by atoms with van der Waals surface area (Å²) < 4.78 is 44.9. The Morgan fingerprint density at radius 1 is 1.22 bits per heavy atom. The van der Waals surface area contributed by atoms with Crippen molar-refractivity contribution in [3.63, 3.8) is 0 Å². The van der Waals surface area contributed by atoms with Gasteiger partial charge in [0, 0.05) is 5.69 Å². The van der Waals surface area contributed by atoms with Gasteiger partial charge in [-0.25, -0.2) is 17.6 Å². The molecule has 23 heavy (non-hydrogen) atoms. The summed E-state index contributed by atoms with van der Waals surface area (Å²) in [4.78, 5) is 11.4. The number of benzene rings is 2. The number of esters is 1. The molecule has 0 fully saturated rings. The van der Waals surface area contributed by atoms with Gasteiger partial charge in [-0.3, -0.25) is 4.72 Å². The molecule has 0 aliphatic carbocycles. The minimum Gasteiger partial charge on any atom is -0.465 e. The maximum Gasteiger partial charge on any atom is 0.339 e. The smallest absolute Gasteiger partial charge is 0.339 e. The van der Waals surface area contributed by atoms with Crippen molar-refractivity contribution in [2.24, 2.45) is 0 Å². The molecule has 0 bridgehead atoms. The number of sulfonamides is 1. The van der Waals surface area contributed by atoms with Crippen molar-refractivity contribution in [2.45, 2.75) is 11.8 Å². The van der Waals surface area contributed by atoms with E-state index in [9.17, 15) is 17.6 Å². The van der Waals surface area contributed by atoms with Crippen molar-refractivity contribution in [3.05, 3.63) is 58.4 Å². The number of rotatable bonds is 4. The highest BCUT2D eigenvalue weighted by Gasteiger charge is 2.19. The molecule has 2 aromatic rings. The maximum atomic E-state index is 13.3. The number of nitrogens with one attached hydrogen (secondary N) is 1. The van der Waals surface area contributed by atoms with E-state index in [0.29, 0.717) is 5.56 Å². The van der Waals surface area contributed by atoms with Gasteiger partial charge >= 0.3 is 5.97 Å². The quantitative estimate of drug-likeness (QED) is 0.851. The highest BCUT2D eigenvalue weighted by Crippen LogP contribution is 2.25. The molecule has 0 amide bonds. The number of methoxy groups -OCH3 is 1. The van der Waals surface area contributed by atoms with E-state index in [0.717, 1.165) is 6.07 Å². The number of anilines is 1. The van der Waals surface area contributed by atoms with Crippen LogP contribution in [-0.2, 0) is 14.8 Å². The zero-order valence-electron chi connectivity index (χ0n) is 12.3. The lowest BCUT2D eigenvalue weighted by Gasteiger charge is -2.12. The van der Waals surface area contributed by atoms with Gasteiger partial charge in [-0.15, -0.1) is 0 Å². The zero-order valence-corrected chi connectivity index (χ0v) is 13.8. The van der Waals surface area contributed by atoms with Crippen molar-refractivity contribution in [2.75, 3.05) is 11.8 Å². The van der Waals surface area contributed by atoms with Crippen molar-refractivity contribution in [1.29, 1.82) is 0 Å². The fraction of sp³-hybridized carbons (Fsp3) is 0.133. The van der Waals surface area contributed by atoms with Crippen molar-refractivity contribution in [1.82, 2.24) is 0 Å². The SMILES string of the molecule is COC(=O)c1cc(NS(=O)(=O)c2cc(F)ccc2C)ccc1Cl. The highest BCUT2D eigenvalue weighted by molar-refractivity contribution is 7.92. The van der Waals surface area contributed by atoms with Crippen LogP contribution in [0, 0.1) is 12.7 Å². The molecule has 0 aromatic heterocycles. The van der Waals surface area contributed by atoms with Crippen molar-refractivity contribution in [3.8, 4) is 0 Å². The Labute approximate surface area is 138 Å². The first-order chi connectivity index (χ1) is 10.7. The average Bonchev–Trinajstić information content (AvgIpc) is 2.50. The van der Waals surface area contributed by atoms with Crippen LogP contribution in [0.5, 0.6) is 0 Å². The Morgan fingerprint density at radius 2 is 1.91 bits per heavy atom. The molecule has 122 valence electrons. The number of halogens is 2. The first-order valence-corrected chi connectivity index (χ1v) is 8.27. The Kier molecular flexibility index (Phi) is 4.91. The first-order valence-electron chi connectivity index (χ1n) is 6.41. The molecule has 2 rings (SSSR count). The van der Waals surface area contributed by atoms with Crippen LogP contribution in [0.1, 0.15) is 15.9 Å². The van der Waals surface area contributed by atoms with Crippen LogP contribution < -0.4 is 4.72 Å². The third-order valence-corrected chi connectivity index (χ3v) is 4.92. The topological polar surface area (TPSA) is 72.5 Å². The van der Waals surface area contributed by atoms with Gasteiger partial charge in [0.05, 0.1) is 22.6 Å². The van der Waals surface area contributed by atoms with E-state index in [1.54, 1.807) is 6.92 Å². The van der Waals surface area contributed by atoms with Gasteiger partial charge in [0.15, 0.2) is 0 Å². The second-order valence-electron chi connectivity index (χ2n) is 4.70. The molecule has 0 saturated heterocycles. The molecule has 0 heterocycles. The molecule has 2 aromatic carbocycles. The monoisotopic (exact) mass is 357 g/mol. The largest absolute Gasteiger partial charge is 0.465 e. The van der Waals surface area contributed by atoms with Crippen LogP contribution in [0.25, 0.3) is 0 Å². The molecule has 0 aliphatic heterocycles. The fourth-order valence-electron chi connectivity index (χ4n) is 1.93. The third-order valence-electron chi connectivity index (χ3n) is 3.06. The Hall–Kier alpha value is -2.12. The number of carbonyl (C=O) groups excluding carboxylic acids is 1. The summed E-state index contributed by atoms with van der Waals surface area (Å²) in [6.07, 6.45) is 0. The normalized spacial score (nSPS) is 11.1. The Morgan fingerprint density at radius 3 is 2.57 bits per heavy atom. The molecular formula is C15H13ClFNO4S. The number of aryl methyl sites for hydroxylation is 1. The molecular weight excluding hydrogens is 345 g/mol. The predicted octanol–water partition coefficient (Wildman–Crippen LogP) is 3.37. The summed E-state index contributed by atoms with van der Waals surface area (Å²) in [7, 11) is -2.83. The van der Waals surface area contributed by atoms with Crippen LogP contribution in [0.4, 0.5) is 10.1 Å². The number of ether oxygens (including phenoxy) is 1. The van der Waals surface area contributed by atoms with Gasteiger partial charge in [0.2, 0.25) is 0 Å². The molecule has 0 saturated carbocycles. The lowest BCUT2D eigenvalue weighted by molar-refractivity contribution is 0.0601. The minimum absolute atomic E-state index is 0.0188. The van der Waals surface area contributed by atoms with E-state index in [1.807, 2.05) is 0 Å². The molecule has 0 unspecified atom stereocenters. The summed E-state index contributed by atoms with van der Waals surface area (Å²) in [5, 5.41) is 0.127. The zero-order chi connectivity index (χ0) is 17.2. The van der Waals surface area contributed by atoms with E-state index in [4.69, 9.17) is 11.6 Å². The molecule has 0 aliphatic rings. The van der Waals surface area contributed by atoms with Gasteiger partial charge < -0.3 is 4.74 Å². The lowest BCUT2D eigenvalue weighted by atomic mass is 10.2. The molecule has 0 atom stereocenters. The Balaban J connectivity index is 2.42. The average molecular weight is 358 g/mol. The fourth-order valence-corrected chi connectivity index (χ4v) is 3.43. The second-order valence-corrected chi connectivity index (χ2v) is 6.76. The van der Waals surface area contributed by atoms with Gasteiger partial charge in [-0.2, -0.15) is 0 Å². The van der Waals surface area contributed by atoms with Crippen molar-refractivity contribution < 1.29 is 22.3 Å². The predicted molar refractivity (Wildman–Crippen MR) is 84.7 cm³/mol. The maximum absolute atomic E-state index is 13.3. The van der Waals surface area contributed by atoms with E-state index >= 15 is 0 Å². The summed E-state index contributed by atoms with van der Waals surface area (Å²) >= 11 is 5.88. The van der Waals surface area contributed by atoms with E-state index < -0.39 is 21.8 Å². The van der Waals surface area contributed by atoms with Crippen LogP contribution in [0.15, 0.2) is 41.3 Å². The second kappa shape index (κ2) is 6.55. The molecule has 0 radical (unpaired) electrons. The van der Waals surface area contributed by atoms with Crippen LogP contribution in [0.3, 0.4) is 0 Å². The van der Waals surface area contributed by atoms with Crippen LogP contribution >= 0.6 is 11.6 Å². The van der Waals surface area contributed by atoms with Crippen LogP contribution in [0.2, 0.25) is 5.02 Å². The van der Waals surface area contributed by atoms with Gasteiger partial charge in [-0.05, 0) is 42.8 Å². The number of hydrogen-bond donors (Lipinski definition) is 1. The van der Waals surface area contributed by atoms with E-state index in [1.165, 1.54) is 37.4 Å². The van der Waals surface area contributed by atoms with Gasteiger partial charge in [0.1, 0.15) is 5.82 Å². The molecule has 1 N–H and O–H groups in total. The van der Waals surface area contributed by atoms with Gasteiger partial charge in [0.25, 0.3) is 10.0 Å². The standard InChI is InChI=1S/C15H13ClFNO4S/c1-9-3-4-10(17)7-14(9)23(20,21)18-11-5-6-13(16)12(8-11)15(19)22-2/h3-8,18H,1-2H3. The first kappa shape index (κ1) is 17.2. The minimum atomic E-state index is -4.01. The number of hydrogen-bond acceptors (Lipinski definition) is 4. The highest BCUT2D eigenvalue weighted by atomic mass is 35.5. The Bertz CT molecular complexity index is 868.